The molecule has 4 nitrogen and oxygen atoms in total. The van der Waals surface area contributed by atoms with Crippen molar-refractivity contribution in [3.63, 3.8) is 0 Å². The summed E-state index contributed by atoms with van der Waals surface area (Å²) in [6.07, 6.45) is 0. The van der Waals surface area contributed by atoms with E-state index in [2.05, 4.69) is 21.2 Å². The molecule has 5 heteroatoms. The maximum atomic E-state index is 12.2. The van der Waals surface area contributed by atoms with Crippen LogP contribution in [-0.4, -0.2) is 18.4 Å². The van der Waals surface area contributed by atoms with Crippen LogP contribution in [0.1, 0.15) is 23.6 Å². The number of benzene rings is 2. The van der Waals surface area contributed by atoms with E-state index in [9.17, 15) is 9.59 Å². The number of halogens is 1. The fourth-order valence-corrected chi connectivity index (χ4v) is 3.13. The Kier molecular flexibility index (Phi) is 6.15. The van der Waals surface area contributed by atoms with Crippen LogP contribution >= 0.6 is 15.9 Å². The zero-order valence-corrected chi connectivity index (χ0v) is 15.7. The van der Waals surface area contributed by atoms with Crippen LogP contribution in [0.3, 0.4) is 0 Å². The Morgan fingerprint density at radius 2 is 1.79 bits per heavy atom. The number of nitrogens with zero attached hydrogens (tertiary/aromatic N) is 1. The molecule has 0 atom stereocenters. The number of anilines is 1. The van der Waals surface area contributed by atoms with Crippen molar-refractivity contribution in [1.82, 2.24) is 5.32 Å². The first-order valence-electron chi connectivity index (χ1n) is 7.73. The van der Waals surface area contributed by atoms with Crippen molar-refractivity contribution < 1.29 is 9.59 Å². The summed E-state index contributed by atoms with van der Waals surface area (Å²) in [6, 6.07) is 13.7. The van der Waals surface area contributed by atoms with E-state index in [0.29, 0.717) is 12.2 Å². The van der Waals surface area contributed by atoms with Crippen LogP contribution in [0.2, 0.25) is 0 Å². The molecule has 0 bridgehead atoms. The minimum absolute atomic E-state index is 0.0111. The molecule has 2 aromatic rings. The number of amides is 2. The molecule has 126 valence electrons. The Bertz CT molecular complexity index is 759. The summed E-state index contributed by atoms with van der Waals surface area (Å²) < 4.78 is 0.796. The van der Waals surface area contributed by atoms with Gasteiger partial charge >= 0.3 is 0 Å². The molecule has 0 fully saturated rings. The summed E-state index contributed by atoms with van der Waals surface area (Å²) >= 11 is 3.46. The third kappa shape index (κ3) is 4.93. The molecule has 2 aromatic carbocycles. The van der Waals surface area contributed by atoms with E-state index in [1.807, 2.05) is 56.3 Å². The van der Waals surface area contributed by atoms with E-state index < -0.39 is 0 Å². The topological polar surface area (TPSA) is 49.4 Å². The maximum Gasteiger partial charge on any atom is 0.240 e. The molecule has 0 saturated carbocycles. The first-order chi connectivity index (χ1) is 11.4. The van der Waals surface area contributed by atoms with Gasteiger partial charge < -0.3 is 10.2 Å². The highest BCUT2D eigenvalue weighted by Crippen LogP contribution is 2.27. The highest BCUT2D eigenvalue weighted by molar-refractivity contribution is 9.10. The van der Waals surface area contributed by atoms with E-state index in [-0.39, 0.29) is 18.4 Å². The SMILES string of the molecule is CC(=O)N(CC(=O)NCc1cccc(C)c1)c1ccc(C)cc1Br. The normalized spacial score (nSPS) is 10.3. The Balaban J connectivity index is 2.05. The van der Waals surface area contributed by atoms with Gasteiger partial charge in [-0.05, 0) is 53.0 Å². The molecule has 0 aliphatic heterocycles. The second-order valence-electron chi connectivity index (χ2n) is 5.83. The summed E-state index contributed by atoms with van der Waals surface area (Å²) in [4.78, 5) is 25.7. The molecule has 0 aliphatic carbocycles. The number of hydrogen-bond acceptors (Lipinski definition) is 2. The van der Waals surface area contributed by atoms with Gasteiger partial charge in [-0.25, -0.2) is 0 Å². The lowest BCUT2D eigenvalue weighted by Gasteiger charge is -2.22. The molecule has 24 heavy (non-hydrogen) atoms. The second kappa shape index (κ2) is 8.11. The number of rotatable bonds is 5. The van der Waals surface area contributed by atoms with Gasteiger partial charge in [-0.1, -0.05) is 35.9 Å². The molecule has 0 saturated heterocycles. The van der Waals surface area contributed by atoms with Crippen molar-refractivity contribution in [2.45, 2.75) is 27.3 Å². The second-order valence-corrected chi connectivity index (χ2v) is 6.68. The van der Waals surface area contributed by atoms with Gasteiger partial charge in [0.25, 0.3) is 0 Å². The average Bonchev–Trinajstić information content (AvgIpc) is 2.51. The molecule has 0 radical (unpaired) electrons. The Morgan fingerprint density at radius 3 is 2.42 bits per heavy atom. The van der Waals surface area contributed by atoms with Crippen LogP contribution in [0.25, 0.3) is 0 Å². The molecule has 2 amide bonds. The van der Waals surface area contributed by atoms with Gasteiger partial charge in [-0.15, -0.1) is 0 Å². The number of carbonyl (C=O) groups is 2. The molecule has 0 spiro atoms. The van der Waals surface area contributed by atoms with Crippen molar-refractivity contribution in [2.24, 2.45) is 0 Å². The molecule has 0 unspecified atom stereocenters. The molecule has 0 aromatic heterocycles. The van der Waals surface area contributed by atoms with E-state index in [1.165, 1.54) is 11.8 Å². The van der Waals surface area contributed by atoms with Crippen molar-refractivity contribution in [2.75, 3.05) is 11.4 Å². The van der Waals surface area contributed by atoms with Crippen LogP contribution in [0.15, 0.2) is 46.9 Å². The lowest BCUT2D eigenvalue weighted by atomic mass is 10.1. The molecular formula is C19H21BrN2O2. The molecule has 2 rings (SSSR count). The lowest BCUT2D eigenvalue weighted by molar-refractivity contribution is -0.123. The molecule has 0 aliphatic rings. The van der Waals surface area contributed by atoms with Crippen LogP contribution in [0.4, 0.5) is 5.69 Å². The maximum absolute atomic E-state index is 12.2. The molecular weight excluding hydrogens is 368 g/mol. The summed E-state index contributed by atoms with van der Waals surface area (Å²) in [6.45, 7) is 5.88. The van der Waals surface area contributed by atoms with Gasteiger partial charge in [0.05, 0.1) is 5.69 Å². The molecule has 0 heterocycles. The number of nitrogens with one attached hydrogen (secondary N) is 1. The fourth-order valence-electron chi connectivity index (χ4n) is 2.42. The van der Waals surface area contributed by atoms with Crippen molar-refractivity contribution in [3.8, 4) is 0 Å². The average molecular weight is 389 g/mol. The first kappa shape index (κ1) is 18.2. The highest BCUT2D eigenvalue weighted by Gasteiger charge is 2.18. The zero-order valence-electron chi connectivity index (χ0n) is 14.1. The van der Waals surface area contributed by atoms with Gasteiger partial charge in [-0.2, -0.15) is 0 Å². The standard InChI is InChI=1S/C19H21BrN2O2/c1-13-5-4-6-16(9-13)11-21-19(24)12-22(15(3)23)18-8-7-14(2)10-17(18)20/h4-10H,11-12H2,1-3H3,(H,21,24). The largest absolute Gasteiger partial charge is 0.350 e. The van der Waals surface area contributed by atoms with Crippen molar-refractivity contribution >= 4 is 33.4 Å². The third-order valence-corrected chi connectivity index (χ3v) is 4.28. The summed E-state index contributed by atoms with van der Waals surface area (Å²) in [5.74, 6) is -0.371. The van der Waals surface area contributed by atoms with E-state index in [0.717, 1.165) is 21.2 Å². The van der Waals surface area contributed by atoms with Gasteiger partial charge in [0, 0.05) is 17.9 Å². The predicted octanol–water partition coefficient (Wildman–Crippen LogP) is 3.74. The quantitative estimate of drug-likeness (QED) is 0.847. The third-order valence-electron chi connectivity index (χ3n) is 3.65. The van der Waals surface area contributed by atoms with Crippen LogP contribution in [0, 0.1) is 13.8 Å². The number of carbonyl (C=O) groups excluding carboxylic acids is 2. The fraction of sp³-hybridized carbons (Fsp3) is 0.263. The Labute approximate surface area is 151 Å². The zero-order chi connectivity index (χ0) is 17.7. The Morgan fingerprint density at radius 1 is 1.08 bits per heavy atom. The van der Waals surface area contributed by atoms with Gasteiger partial charge in [0.2, 0.25) is 11.8 Å². The first-order valence-corrected chi connectivity index (χ1v) is 8.52. The minimum atomic E-state index is -0.195. The lowest BCUT2D eigenvalue weighted by Crippen LogP contribution is -2.39. The Hall–Kier alpha value is -2.14. The van der Waals surface area contributed by atoms with E-state index in [1.54, 1.807) is 0 Å². The van der Waals surface area contributed by atoms with Crippen molar-refractivity contribution in [3.05, 3.63) is 63.6 Å². The van der Waals surface area contributed by atoms with Crippen LogP contribution in [-0.2, 0) is 16.1 Å². The van der Waals surface area contributed by atoms with Crippen molar-refractivity contribution in [1.29, 1.82) is 0 Å². The van der Waals surface area contributed by atoms with E-state index >= 15 is 0 Å². The number of hydrogen-bond donors (Lipinski definition) is 1. The van der Waals surface area contributed by atoms with Crippen LogP contribution < -0.4 is 10.2 Å². The summed E-state index contributed by atoms with van der Waals surface area (Å²) in [7, 11) is 0. The van der Waals surface area contributed by atoms with Crippen LogP contribution in [0.5, 0.6) is 0 Å². The summed E-state index contributed by atoms with van der Waals surface area (Å²) in [5.41, 5.74) is 3.96. The monoisotopic (exact) mass is 388 g/mol. The van der Waals surface area contributed by atoms with Gasteiger partial charge in [0.1, 0.15) is 6.54 Å². The van der Waals surface area contributed by atoms with Gasteiger partial charge in [0.15, 0.2) is 0 Å². The van der Waals surface area contributed by atoms with E-state index in [4.69, 9.17) is 0 Å². The highest BCUT2D eigenvalue weighted by atomic mass is 79.9. The molecule has 1 N–H and O–H groups in total. The number of aryl methyl sites for hydroxylation is 2. The minimum Gasteiger partial charge on any atom is -0.350 e. The predicted molar refractivity (Wildman–Crippen MR) is 99.9 cm³/mol. The smallest absolute Gasteiger partial charge is 0.240 e. The van der Waals surface area contributed by atoms with Gasteiger partial charge in [-0.3, -0.25) is 9.59 Å². The summed E-state index contributed by atoms with van der Waals surface area (Å²) in [5, 5.41) is 2.86.